The quantitative estimate of drug-likeness (QED) is 0.747. The van der Waals surface area contributed by atoms with E-state index in [9.17, 15) is 4.79 Å². The molecule has 154 valence electrons. The molecule has 0 N–H and O–H groups in total. The average Bonchev–Trinajstić information content (AvgIpc) is 3.49. The number of benzene rings is 1. The second-order valence-corrected chi connectivity index (χ2v) is 9.16. The van der Waals surface area contributed by atoms with Gasteiger partial charge in [0.2, 0.25) is 11.0 Å². The lowest BCUT2D eigenvalue weighted by Gasteiger charge is -2.29. The maximum atomic E-state index is 13.2. The SMILES string of the molecule is O=C1N(CCN2CCOCC2)CCC12CCN(c1nnc(-c3ccccc3)s1)C2. The van der Waals surface area contributed by atoms with Crippen molar-refractivity contribution in [3.05, 3.63) is 30.3 Å². The Bertz CT molecular complexity index is 854. The number of nitrogens with zero attached hydrogens (tertiary/aromatic N) is 5. The molecule has 0 aliphatic carbocycles. The molecule has 8 heteroatoms. The molecule has 1 aromatic heterocycles. The number of carbonyl (C=O) groups is 1. The van der Waals surface area contributed by atoms with E-state index < -0.39 is 0 Å². The fraction of sp³-hybridized carbons (Fsp3) is 0.571. The Kier molecular flexibility index (Phi) is 5.24. The second kappa shape index (κ2) is 8.01. The monoisotopic (exact) mass is 413 g/mol. The molecule has 0 radical (unpaired) electrons. The predicted molar refractivity (Wildman–Crippen MR) is 113 cm³/mol. The number of amides is 1. The summed E-state index contributed by atoms with van der Waals surface area (Å²) in [5.41, 5.74) is 0.861. The van der Waals surface area contributed by atoms with Gasteiger partial charge >= 0.3 is 0 Å². The molecular weight excluding hydrogens is 386 g/mol. The minimum absolute atomic E-state index is 0.233. The van der Waals surface area contributed by atoms with E-state index in [1.807, 2.05) is 18.2 Å². The molecule has 1 atom stereocenters. The summed E-state index contributed by atoms with van der Waals surface area (Å²) in [7, 11) is 0. The zero-order valence-corrected chi connectivity index (χ0v) is 17.4. The number of carbonyl (C=O) groups excluding carboxylic acids is 1. The van der Waals surface area contributed by atoms with Crippen LogP contribution in [0.4, 0.5) is 5.13 Å². The van der Waals surface area contributed by atoms with E-state index in [1.54, 1.807) is 11.3 Å². The van der Waals surface area contributed by atoms with Crippen molar-refractivity contribution in [2.75, 3.05) is 63.9 Å². The van der Waals surface area contributed by atoms with E-state index in [2.05, 4.69) is 37.0 Å². The molecule has 1 amide bonds. The Morgan fingerprint density at radius 1 is 1.00 bits per heavy atom. The number of hydrogen-bond acceptors (Lipinski definition) is 7. The Morgan fingerprint density at radius 2 is 1.79 bits per heavy atom. The third-order valence-corrected chi connectivity index (χ3v) is 7.48. The molecule has 3 aliphatic rings. The minimum Gasteiger partial charge on any atom is -0.379 e. The molecule has 3 aliphatic heterocycles. The van der Waals surface area contributed by atoms with Gasteiger partial charge in [-0.25, -0.2) is 0 Å². The van der Waals surface area contributed by atoms with Gasteiger partial charge in [0.15, 0.2) is 0 Å². The van der Waals surface area contributed by atoms with E-state index in [1.165, 1.54) is 0 Å². The van der Waals surface area contributed by atoms with Gasteiger partial charge in [-0.1, -0.05) is 41.7 Å². The first-order valence-corrected chi connectivity index (χ1v) is 11.3. The first-order chi connectivity index (χ1) is 14.2. The molecule has 1 spiro atoms. The fourth-order valence-corrected chi connectivity index (χ4v) is 5.52. The van der Waals surface area contributed by atoms with Crippen molar-refractivity contribution >= 4 is 22.4 Å². The Hall–Kier alpha value is -2.03. The van der Waals surface area contributed by atoms with E-state index in [0.29, 0.717) is 5.91 Å². The molecule has 0 bridgehead atoms. The Labute approximate surface area is 175 Å². The molecule has 7 nitrogen and oxygen atoms in total. The van der Waals surface area contributed by atoms with E-state index in [4.69, 9.17) is 4.74 Å². The van der Waals surface area contributed by atoms with E-state index in [0.717, 1.165) is 87.6 Å². The number of likely N-dealkylation sites (tertiary alicyclic amines) is 1. The fourth-order valence-electron chi connectivity index (χ4n) is 4.65. The van der Waals surface area contributed by atoms with Crippen molar-refractivity contribution in [1.82, 2.24) is 20.0 Å². The molecule has 29 heavy (non-hydrogen) atoms. The number of hydrogen-bond donors (Lipinski definition) is 0. The standard InChI is InChI=1S/C21H27N5O2S/c27-19-21(6-8-25(19)11-10-24-12-14-28-15-13-24)7-9-26(16-21)20-23-22-18(29-20)17-4-2-1-3-5-17/h1-5H,6-16H2. The summed E-state index contributed by atoms with van der Waals surface area (Å²) in [6, 6.07) is 10.2. The molecule has 2 aromatic rings. The van der Waals surface area contributed by atoms with Gasteiger partial charge in [0, 0.05) is 51.4 Å². The number of anilines is 1. The summed E-state index contributed by atoms with van der Waals surface area (Å²) < 4.78 is 5.41. The van der Waals surface area contributed by atoms with Crippen LogP contribution in [0, 0.1) is 5.41 Å². The van der Waals surface area contributed by atoms with E-state index in [-0.39, 0.29) is 5.41 Å². The molecule has 1 unspecified atom stereocenters. The van der Waals surface area contributed by atoms with Crippen LogP contribution in [0.25, 0.3) is 10.6 Å². The predicted octanol–water partition coefficient (Wildman–Crippen LogP) is 1.97. The van der Waals surface area contributed by atoms with Crippen LogP contribution in [0.2, 0.25) is 0 Å². The highest BCUT2D eigenvalue weighted by Gasteiger charge is 2.51. The zero-order valence-electron chi connectivity index (χ0n) is 16.6. The van der Waals surface area contributed by atoms with Crippen LogP contribution in [-0.2, 0) is 9.53 Å². The Balaban J connectivity index is 1.21. The van der Waals surface area contributed by atoms with Crippen LogP contribution in [0.15, 0.2) is 30.3 Å². The van der Waals surface area contributed by atoms with Gasteiger partial charge in [-0.15, -0.1) is 10.2 Å². The largest absolute Gasteiger partial charge is 0.379 e. The van der Waals surface area contributed by atoms with Crippen LogP contribution in [0.3, 0.4) is 0 Å². The lowest BCUT2D eigenvalue weighted by Crippen LogP contribution is -2.43. The molecular formula is C21H27N5O2S. The van der Waals surface area contributed by atoms with Crippen molar-refractivity contribution < 1.29 is 9.53 Å². The van der Waals surface area contributed by atoms with Gasteiger partial charge in [0.05, 0.1) is 18.6 Å². The minimum atomic E-state index is -0.233. The summed E-state index contributed by atoms with van der Waals surface area (Å²) in [6.07, 6.45) is 1.87. The summed E-state index contributed by atoms with van der Waals surface area (Å²) in [4.78, 5) is 20.0. The van der Waals surface area contributed by atoms with Crippen molar-refractivity contribution in [2.24, 2.45) is 5.41 Å². The van der Waals surface area contributed by atoms with Crippen LogP contribution in [0.5, 0.6) is 0 Å². The van der Waals surface area contributed by atoms with Crippen LogP contribution in [-0.4, -0.2) is 84.9 Å². The maximum Gasteiger partial charge on any atom is 0.230 e. The van der Waals surface area contributed by atoms with Crippen molar-refractivity contribution in [3.63, 3.8) is 0 Å². The first kappa shape index (κ1) is 19.0. The van der Waals surface area contributed by atoms with Gasteiger partial charge in [-0.05, 0) is 12.8 Å². The van der Waals surface area contributed by atoms with Crippen molar-refractivity contribution in [3.8, 4) is 10.6 Å². The van der Waals surface area contributed by atoms with Gasteiger partial charge in [-0.2, -0.15) is 0 Å². The molecule has 5 rings (SSSR count). The number of aromatic nitrogens is 2. The number of rotatable bonds is 5. The highest BCUT2D eigenvalue weighted by molar-refractivity contribution is 7.18. The number of ether oxygens (including phenoxy) is 1. The average molecular weight is 414 g/mol. The highest BCUT2D eigenvalue weighted by Crippen LogP contribution is 2.43. The van der Waals surface area contributed by atoms with Gasteiger partial charge in [0.1, 0.15) is 5.01 Å². The van der Waals surface area contributed by atoms with Crippen LogP contribution < -0.4 is 4.90 Å². The summed E-state index contributed by atoms with van der Waals surface area (Å²) >= 11 is 1.62. The molecule has 3 fully saturated rings. The molecule has 1 aromatic carbocycles. The lowest BCUT2D eigenvalue weighted by atomic mass is 9.85. The summed E-state index contributed by atoms with van der Waals surface area (Å²) in [6.45, 7) is 7.87. The Morgan fingerprint density at radius 3 is 2.62 bits per heavy atom. The second-order valence-electron chi connectivity index (χ2n) is 8.20. The zero-order chi connectivity index (χ0) is 19.7. The normalized spacial score (nSPS) is 25.4. The first-order valence-electron chi connectivity index (χ1n) is 10.5. The van der Waals surface area contributed by atoms with Gasteiger partial charge in [-0.3, -0.25) is 9.69 Å². The van der Waals surface area contributed by atoms with Gasteiger partial charge in [0.25, 0.3) is 0 Å². The van der Waals surface area contributed by atoms with Crippen LogP contribution in [0.1, 0.15) is 12.8 Å². The lowest BCUT2D eigenvalue weighted by molar-refractivity contribution is -0.135. The molecule has 3 saturated heterocycles. The molecule has 0 saturated carbocycles. The number of morpholine rings is 1. The van der Waals surface area contributed by atoms with Crippen LogP contribution >= 0.6 is 11.3 Å². The third-order valence-electron chi connectivity index (χ3n) is 6.45. The third kappa shape index (κ3) is 3.76. The maximum absolute atomic E-state index is 13.2. The van der Waals surface area contributed by atoms with Crippen molar-refractivity contribution in [2.45, 2.75) is 12.8 Å². The summed E-state index contributed by atoms with van der Waals surface area (Å²) in [5.74, 6) is 0.334. The van der Waals surface area contributed by atoms with Gasteiger partial charge < -0.3 is 14.5 Å². The summed E-state index contributed by atoms with van der Waals surface area (Å²) in [5, 5.41) is 10.7. The van der Waals surface area contributed by atoms with E-state index >= 15 is 0 Å². The molecule has 4 heterocycles. The highest BCUT2D eigenvalue weighted by atomic mass is 32.1. The smallest absolute Gasteiger partial charge is 0.230 e. The van der Waals surface area contributed by atoms with Crippen molar-refractivity contribution in [1.29, 1.82) is 0 Å². The topological polar surface area (TPSA) is 61.8 Å².